The molecule has 1 spiro atoms. The van der Waals surface area contributed by atoms with Crippen LogP contribution in [0.2, 0.25) is 0 Å². The molecule has 0 unspecified atom stereocenters. The van der Waals surface area contributed by atoms with E-state index in [0.717, 1.165) is 24.9 Å². The second-order valence-electron chi connectivity index (χ2n) is 9.01. The molecule has 2 aliphatic rings. The minimum Gasteiger partial charge on any atom is -0.497 e. The van der Waals surface area contributed by atoms with Crippen molar-refractivity contribution < 1.29 is 14.3 Å². The summed E-state index contributed by atoms with van der Waals surface area (Å²) in [6.07, 6.45) is 1.47. The van der Waals surface area contributed by atoms with Gasteiger partial charge in [0.2, 0.25) is 5.91 Å². The van der Waals surface area contributed by atoms with Crippen molar-refractivity contribution in [3.8, 4) is 5.75 Å². The van der Waals surface area contributed by atoms with Crippen molar-refractivity contribution in [1.29, 1.82) is 0 Å². The lowest BCUT2D eigenvalue weighted by Gasteiger charge is -2.35. The number of methoxy groups -OCH3 is 1. The number of rotatable bonds is 4. The van der Waals surface area contributed by atoms with Crippen LogP contribution in [-0.4, -0.2) is 61.4 Å². The van der Waals surface area contributed by atoms with E-state index < -0.39 is 5.54 Å². The number of amides is 2. The summed E-state index contributed by atoms with van der Waals surface area (Å²) in [5.41, 5.74) is 3.55. The first-order valence-electron chi connectivity index (χ1n) is 10.8. The highest BCUT2D eigenvalue weighted by Crippen LogP contribution is 2.37. The van der Waals surface area contributed by atoms with Crippen LogP contribution >= 0.6 is 0 Å². The number of nitrogens with one attached hydrogen (secondary N) is 1. The number of nitrogens with zero attached hydrogens (tertiary/aromatic N) is 2. The van der Waals surface area contributed by atoms with Crippen LogP contribution in [-0.2, 0) is 17.8 Å². The van der Waals surface area contributed by atoms with E-state index >= 15 is 0 Å². The smallest absolute Gasteiger partial charge is 0.252 e. The number of aryl methyl sites for hydroxylation is 2. The van der Waals surface area contributed by atoms with E-state index in [0.29, 0.717) is 24.4 Å². The zero-order chi connectivity index (χ0) is 22.2. The molecule has 0 aliphatic carbocycles. The largest absolute Gasteiger partial charge is 0.497 e. The molecule has 2 aromatic carbocycles. The minimum atomic E-state index is -0.590. The van der Waals surface area contributed by atoms with Gasteiger partial charge >= 0.3 is 0 Å². The van der Waals surface area contributed by atoms with Gasteiger partial charge in [-0.3, -0.25) is 14.5 Å². The third-order valence-electron chi connectivity index (χ3n) is 6.77. The lowest BCUT2D eigenvalue weighted by atomic mass is 9.81. The van der Waals surface area contributed by atoms with Gasteiger partial charge in [-0.2, -0.15) is 0 Å². The van der Waals surface area contributed by atoms with Gasteiger partial charge in [0.05, 0.1) is 18.6 Å². The molecule has 0 aromatic heterocycles. The molecule has 1 N–H and O–H groups in total. The monoisotopic (exact) mass is 421 g/mol. The predicted octanol–water partition coefficient (Wildman–Crippen LogP) is 2.64. The van der Waals surface area contributed by atoms with Gasteiger partial charge in [-0.05, 0) is 48.6 Å². The van der Waals surface area contributed by atoms with Crippen LogP contribution in [0.3, 0.4) is 0 Å². The first kappa shape index (κ1) is 21.4. The molecule has 1 fully saturated rings. The molecular weight excluding hydrogens is 390 g/mol. The number of hydrogen-bond donors (Lipinski definition) is 1. The number of carbonyl (C=O) groups excluding carboxylic acids is 2. The Kier molecular flexibility index (Phi) is 5.75. The van der Waals surface area contributed by atoms with Crippen LogP contribution in [0.1, 0.15) is 33.5 Å². The number of ether oxygens (including phenoxy) is 1. The van der Waals surface area contributed by atoms with Gasteiger partial charge in [0, 0.05) is 39.3 Å². The summed E-state index contributed by atoms with van der Waals surface area (Å²) in [5.74, 6) is 0.321. The lowest BCUT2D eigenvalue weighted by molar-refractivity contribution is -0.134. The molecule has 2 aromatic rings. The topological polar surface area (TPSA) is 61.9 Å². The zero-order valence-corrected chi connectivity index (χ0v) is 18.8. The second-order valence-corrected chi connectivity index (χ2v) is 9.01. The fraction of sp³-hybridized carbons (Fsp3) is 0.440. The van der Waals surface area contributed by atoms with Crippen LogP contribution in [0, 0.1) is 12.8 Å². The number of likely N-dealkylation sites (tertiary alicyclic amines) is 1. The van der Waals surface area contributed by atoms with E-state index in [4.69, 9.17) is 4.74 Å². The van der Waals surface area contributed by atoms with Crippen molar-refractivity contribution in [2.45, 2.75) is 31.8 Å². The van der Waals surface area contributed by atoms with Gasteiger partial charge in [-0.1, -0.05) is 30.3 Å². The van der Waals surface area contributed by atoms with E-state index in [-0.39, 0.29) is 17.7 Å². The molecule has 164 valence electrons. The molecule has 0 bridgehead atoms. The maximum Gasteiger partial charge on any atom is 0.252 e. The summed E-state index contributed by atoms with van der Waals surface area (Å²) in [5, 5.41) is 3.29. The molecule has 2 atom stereocenters. The standard InChI is InChI=1S/C25H31N3O3/c1-17-7-5-6-8-19(17)14-28-15-22(24(30)27(2)3)25(16-28)12-11-18-9-10-20(31-4)13-21(18)23(29)26-25/h5-10,13,22H,11-12,14-16H2,1-4H3,(H,26,29)/t22-,25+/m1/s1. The highest BCUT2D eigenvalue weighted by Gasteiger charge is 2.52. The Balaban J connectivity index is 1.66. The third kappa shape index (κ3) is 4.04. The fourth-order valence-corrected chi connectivity index (χ4v) is 4.99. The Morgan fingerprint density at radius 2 is 2.03 bits per heavy atom. The van der Waals surface area contributed by atoms with Crippen LogP contribution in [0.15, 0.2) is 42.5 Å². The molecule has 6 nitrogen and oxygen atoms in total. The number of fused-ring (bicyclic) bond motifs is 1. The van der Waals surface area contributed by atoms with Crippen molar-refractivity contribution >= 4 is 11.8 Å². The third-order valence-corrected chi connectivity index (χ3v) is 6.77. The van der Waals surface area contributed by atoms with Crippen molar-refractivity contribution in [2.75, 3.05) is 34.3 Å². The summed E-state index contributed by atoms with van der Waals surface area (Å²) in [6, 6.07) is 14.0. The Hall–Kier alpha value is -2.86. The summed E-state index contributed by atoms with van der Waals surface area (Å²) in [7, 11) is 5.18. The summed E-state index contributed by atoms with van der Waals surface area (Å²) >= 11 is 0. The Morgan fingerprint density at radius 3 is 2.74 bits per heavy atom. The van der Waals surface area contributed by atoms with Gasteiger partial charge in [0.1, 0.15) is 5.75 Å². The molecule has 0 saturated carbocycles. The molecule has 1 saturated heterocycles. The van der Waals surface area contributed by atoms with E-state index in [1.807, 2.05) is 24.3 Å². The van der Waals surface area contributed by atoms with Crippen LogP contribution in [0.25, 0.3) is 0 Å². The zero-order valence-electron chi connectivity index (χ0n) is 18.8. The average Bonchev–Trinajstić information content (AvgIpc) is 3.03. The number of hydrogen-bond acceptors (Lipinski definition) is 4. The summed E-state index contributed by atoms with van der Waals surface area (Å²) in [4.78, 5) is 30.4. The molecule has 2 aliphatic heterocycles. The highest BCUT2D eigenvalue weighted by molar-refractivity contribution is 5.97. The first-order chi connectivity index (χ1) is 14.8. The Labute approximate surface area is 184 Å². The summed E-state index contributed by atoms with van der Waals surface area (Å²) in [6.45, 7) is 4.16. The van der Waals surface area contributed by atoms with Crippen molar-refractivity contribution in [1.82, 2.24) is 15.1 Å². The van der Waals surface area contributed by atoms with Crippen molar-refractivity contribution in [3.05, 3.63) is 64.7 Å². The van der Waals surface area contributed by atoms with Gasteiger partial charge < -0.3 is 15.0 Å². The van der Waals surface area contributed by atoms with Gasteiger partial charge in [0.25, 0.3) is 5.91 Å². The highest BCUT2D eigenvalue weighted by atomic mass is 16.5. The van der Waals surface area contributed by atoms with E-state index in [1.54, 1.807) is 32.2 Å². The summed E-state index contributed by atoms with van der Waals surface area (Å²) < 4.78 is 5.32. The Bertz CT molecular complexity index is 1000. The lowest BCUT2D eigenvalue weighted by Crippen LogP contribution is -2.57. The fourth-order valence-electron chi connectivity index (χ4n) is 4.99. The molecule has 2 heterocycles. The van der Waals surface area contributed by atoms with Gasteiger partial charge in [-0.25, -0.2) is 0 Å². The Morgan fingerprint density at radius 1 is 1.26 bits per heavy atom. The van der Waals surface area contributed by atoms with Gasteiger partial charge in [0.15, 0.2) is 0 Å². The van der Waals surface area contributed by atoms with Gasteiger partial charge in [-0.15, -0.1) is 0 Å². The molecule has 31 heavy (non-hydrogen) atoms. The molecular formula is C25H31N3O3. The first-order valence-corrected chi connectivity index (χ1v) is 10.8. The van der Waals surface area contributed by atoms with Crippen LogP contribution in [0.5, 0.6) is 5.75 Å². The van der Waals surface area contributed by atoms with Crippen LogP contribution in [0.4, 0.5) is 0 Å². The van der Waals surface area contributed by atoms with E-state index in [2.05, 4.69) is 29.3 Å². The molecule has 6 heteroatoms. The SMILES string of the molecule is COc1ccc2c(c1)C(=O)N[C@@]1(CC2)CN(Cc2ccccc2C)C[C@@H]1C(=O)N(C)C. The molecule has 0 radical (unpaired) electrons. The van der Waals surface area contributed by atoms with Crippen molar-refractivity contribution in [3.63, 3.8) is 0 Å². The maximum absolute atomic E-state index is 13.3. The molecule has 4 rings (SSSR count). The van der Waals surface area contributed by atoms with Crippen molar-refractivity contribution in [2.24, 2.45) is 5.92 Å². The molecule has 2 amide bonds. The normalized spacial score (nSPS) is 23.2. The number of benzene rings is 2. The quantitative estimate of drug-likeness (QED) is 0.825. The maximum atomic E-state index is 13.3. The second kappa shape index (κ2) is 8.35. The van der Waals surface area contributed by atoms with E-state index in [9.17, 15) is 9.59 Å². The number of carbonyl (C=O) groups is 2. The minimum absolute atomic E-state index is 0.0659. The van der Waals surface area contributed by atoms with Crippen LogP contribution < -0.4 is 10.1 Å². The van der Waals surface area contributed by atoms with E-state index in [1.165, 1.54) is 11.1 Å². The predicted molar refractivity (Wildman–Crippen MR) is 120 cm³/mol. The average molecular weight is 422 g/mol.